The van der Waals surface area contributed by atoms with Gasteiger partial charge in [0.2, 0.25) is 0 Å². The Hall–Kier alpha value is -2.15. The Labute approximate surface area is 122 Å². The van der Waals surface area contributed by atoms with Crippen molar-refractivity contribution in [1.29, 1.82) is 0 Å². The normalized spacial score (nSPS) is 17.1. The Morgan fingerprint density at radius 3 is 2.90 bits per heavy atom. The molecule has 2 N–H and O–H groups in total. The molecule has 2 aromatic heterocycles. The van der Waals surface area contributed by atoms with Crippen LogP contribution in [0.2, 0.25) is 0 Å². The summed E-state index contributed by atoms with van der Waals surface area (Å²) in [5.41, 5.74) is 0.964. The van der Waals surface area contributed by atoms with Crippen LogP contribution in [0.4, 0.5) is 0 Å². The van der Waals surface area contributed by atoms with Crippen molar-refractivity contribution in [2.24, 2.45) is 5.92 Å². The first kappa shape index (κ1) is 13.8. The molecule has 3 heterocycles. The summed E-state index contributed by atoms with van der Waals surface area (Å²) in [7, 11) is 0. The fourth-order valence-corrected chi connectivity index (χ4v) is 2.88. The Kier molecular flexibility index (Phi) is 4.01. The number of likely N-dealkylation sites (tertiary alicyclic amines) is 1. The first-order chi connectivity index (χ1) is 10.2. The van der Waals surface area contributed by atoms with Gasteiger partial charge < -0.3 is 9.67 Å². The van der Waals surface area contributed by atoms with Crippen LogP contribution in [-0.4, -0.2) is 48.8 Å². The first-order valence-corrected chi connectivity index (χ1v) is 7.16. The molecule has 1 aliphatic rings. The van der Waals surface area contributed by atoms with Gasteiger partial charge in [0.1, 0.15) is 5.69 Å². The van der Waals surface area contributed by atoms with Crippen LogP contribution in [0.1, 0.15) is 28.9 Å². The summed E-state index contributed by atoms with van der Waals surface area (Å²) < 4.78 is 2.12. The number of rotatable bonds is 5. The molecule has 0 unspecified atom stereocenters. The van der Waals surface area contributed by atoms with Crippen LogP contribution in [-0.2, 0) is 13.1 Å². The number of aromatic nitrogens is 4. The molecule has 21 heavy (non-hydrogen) atoms. The molecule has 1 fully saturated rings. The number of nitrogens with zero attached hydrogens (tertiary/aromatic N) is 4. The number of carbonyl (C=O) groups is 1. The minimum Gasteiger partial charge on any atom is -0.477 e. The van der Waals surface area contributed by atoms with Crippen molar-refractivity contribution >= 4 is 5.97 Å². The van der Waals surface area contributed by atoms with Crippen molar-refractivity contribution < 1.29 is 9.90 Å². The van der Waals surface area contributed by atoms with Crippen molar-refractivity contribution in [2.45, 2.75) is 25.9 Å². The Bertz CT molecular complexity index is 584. The van der Waals surface area contributed by atoms with Crippen LogP contribution >= 0.6 is 0 Å². The predicted octanol–water partition coefficient (Wildman–Crippen LogP) is 1.22. The van der Waals surface area contributed by atoms with Gasteiger partial charge in [0.15, 0.2) is 0 Å². The molecule has 0 bridgehead atoms. The van der Waals surface area contributed by atoms with Crippen LogP contribution < -0.4 is 0 Å². The standard InChI is InChI=1S/C14H19N5O2/c20-14(21)13-12(7-16-17-13)9-18-4-1-11(2-5-18)8-19-6-3-15-10-19/h3,6-7,10-11H,1-2,4-5,8-9H2,(H,16,17)(H,20,21). The number of aromatic amines is 1. The molecule has 3 rings (SSSR count). The second-order valence-electron chi connectivity index (χ2n) is 5.55. The van der Waals surface area contributed by atoms with Gasteiger partial charge in [0.25, 0.3) is 0 Å². The number of hydrogen-bond acceptors (Lipinski definition) is 4. The molecule has 112 valence electrons. The topological polar surface area (TPSA) is 87.0 Å². The third-order valence-corrected chi connectivity index (χ3v) is 4.06. The second-order valence-corrected chi connectivity index (χ2v) is 5.55. The van der Waals surface area contributed by atoms with Gasteiger partial charge >= 0.3 is 5.97 Å². The molecule has 0 amide bonds. The number of nitrogens with one attached hydrogen (secondary N) is 1. The van der Waals surface area contributed by atoms with E-state index in [1.54, 1.807) is 6.20 Å². The predicted molar refractivity (Wildman–Crippen MR) is 75.8 cm³/mol. The van der Waals surface area contributed by atoms with E-state index in [1.807, 2.05) is 18.7 Å². The Balaban J connectivity index is 1.51. The summed E-state index contributed by atoms with van der Waals surface area (Å²) in [6.45, 7) is 3.64. The first-order valence-electron chi connectivity index (χ1n) is 7.16. The van der Waals surface area contributed by atoms with E-state index < -0.39 is 5.97 Å². The van der Waals surface area contributed by atoms with Crippen LogP contribution in [0, 0.1) is 5.92 Å². The lowest BCUT2D eigenvalue weighted by molar-refractivity contribution is 0.0687. The van der Waals surface area contributed by atoms with Crippen molar-refractivity contribution in [3.8, 4) is 0 Å². The van der Waals surface area contributed by atoms with Crippen molar-refractivity contribution in [1.82, 2.24) is 24.6 Å². The number of carboxylic acids is 1. The molecule has 1 saturated heterocycles. The zero-order chi connectivity index (χ0) is 14.7. The van der Waals surface area contributed by atoms with E-state index in [9.17, 15) is 4.79 Å². The van der Waals surface area contributed by atoms with E-state index >= 15 is 0 Å². The van der Waals surface area contributed by atoms with Crippen molar-refractivity contribution in [2.75, 3.05) is 13.1 Å². The average molecular weight is 289 g/mol. The molecule has 0 aliphatic carbocycles. The quantitative estimate of drug-likeness (QED) is 0.864. The van der Waals surface area contributed by atoms with Gasteiger partial charge in [0.05, 0.1) is 12.5 Å². The highest BCUT2D eigenvalue weighted by Crippen LogP contribution is 2.21. The molecule has 0 spiro atoms. The zero-order valence-corrected chi connectivity index (χ0v) is 11.8. The number of imidazole rings is 1. The minimum atomic E-state index is -0.947. The number of aromatic carboxylic acids is 1. The Morgan fingerprint density at radius 1 is 1.43 bits per heavy atom. The van der Waals surface area contributed by atoms with Gasteiger partial charge in [-0.1, -0.05) is 0 Å². The molecule has 1 aliphatic heterocycles. The molecule has 7 heteroatoms. The Morgan fingerprint density at radius 2 is 2.24 bits per heavy atom. The van der Waals surface area contributed by atoms with Crippen LogP contribution in [0.25, 0.3) is 0 Å². The van der Waals surface area contributed by atoms with Crippen molar-refractivity contribution in [3.63, 3.8) is 0 Å². The van der Waals surface area contributed by atoms with Gasteiger partial charge in [-0.05, 0) is 31.8 Å². The van der Waals surface area contributed by atoms with E-state index in [-0.39, 0.29) is 5.69 Å². The maximum Gasteiger partial charge on any atom is 0.354 e. The third kappa shape index (κ3) is 3.30. The lowest BCUT2D eigenvalue weighted by Crippen LogP contribution is -2.34. The maximum absolute atomic E-state index is 11.1. The summed E-state index contributed by atoms with van der Waals surface area (Å²) in [6.07, 6.45) is 9.52. The lowest BCUT2D eigenvalue weighted by Gasteiger charge is -2.31. The largest absolute Gasteiger partial charge is 0.477 e. The maximum atomic E-state index is 11.1. The fraction of sp³-hybridized carbons (Fsp3) is 0.500. The van der Waals surface area contributed by atoms with Gasteiger partial charge in [0, 0.05) is 31.0 Å². The summed E-state index contributed by atoms with van der Waals surface area (Å²) in [5.74, 6) is -0.281. The number of hydrogen-bond donors (Lipinski definition) is 2. The summed E-state index contributed by atoms with van der Waals surface area (Å²) in [6, 6.07) is 0. The average Bonchev–Trinajstić information content (AvgIpc) is 3.12. The van der Waals surface area contributed by atoms with Crippen molar-refractivity contribution in [3.05, 3.63) is 36.2 Å². The second kappa shape index (κ2) is 6.09. The minimum absolute atomic E-state index is 0.204. The highest BCUT2D eigenvalue weighted by Gasteiger charge is 2.21. The van der Waals surface area contributed by atoms with Gasteiger partial charge in [-0.15, -0.1) is 0 Å². The van der Waals surface area contributed by atoms with Crippen LogP contribution in [0.15, 0.2) is 24.9 Å². The fourth-order valence-electron chi connectivity index (χ4n) is 2.88. The molecule has 0 radical (unpaired) electrons. The van der Waals surface area contributed by atoms with Crippen LogP contribution in [0.5, 0.6) is 0 Å². The van der Waals surface area contributed by atoms with Gasteiger partial charge in [-0.25, -0.2) is 9.78 Å². The number of carboxylic acid groups (broad SMARTS) is 1. The van der Waals surface area contributed by atoms with Gasteiger partial charge in [-0.3, -0.25) is 10.00 Å². The van der Waals surface area contributed by atoms with Crippen LogP contribution in [0.3, 0.4) is 0 Å². The number of H-pyrrole nitrogens is 1. The van der Waals surface area contributed by atoms with E-state index in [0.29, 0.717) is 12.5 Å². The van der Waals surface area contributed by atoms with E-state index in [0.717, 1.165) is 38.0 Å². The zero-order valence-electron chi connectivity index (χ0n) is 11.8. The monoisotopic (exact) mass is 289 g/mol. The smallest absolute Gasteiger partial charge is 0.354 e. The molecule has 0 aromatic carbocycles. The van der Waals surface area contributed by atoms with E-state index in [4.69, 9.17) is 5.11 Å². The molecule has 2 aromatic rings. The molecule has 0 saturated carbocycles. The summed E-state index contributed by atoms with van der Waals surface area (Å²) in [4.78, 5) is 17.4. The van der Waals surface area contributed by atoms with E-state index in [1.165, 1.54) is 0 Å². The molecular weight excluding hydrogens is 270 g/mol. The number of piperidine rings is 1. The molecule has 0 atom stereocenters. The lowest BCUT2D eigenvalue weighted by atomic mass is 9.96. The third-order valence-electron chi connectivity index (χ3n) is 4.06. The molecule has 7 nitrogen and oxygen atoms in total. The van der Waals surface area contributed by atoms with E-state index in [2.05, 4.69) is 24.6 Å². The van der Waals surface area contributed by atoms with Gasteiger partial charge in [-0.2, -0.15) is 5.10 Å². The molecular formula is C14H19N5O2. The summed E-state index contributed by atoms with van der Waals surface area (Å²) >= 11 is 0. The highest BCUT2D eigenvalue weighted by atomic mass is 16.4. The highest BCUT2D eigenvalue weighted by molar-refractivity contribution is 5.86. The summed E-state index contributed by atoms with van der Waals surface area (Å²) in [5, 5.41) is 15.4. The SMILES string of the molecule is O=C(O)c1[nH]ncc1CN1CCC(Cn2ccnc2)CC1.